The van der Waals surface area contributed by atoms with Crippen LogP contribution in [0.3, 0.4) is 0 Å². The Morgan fingerprint density at radius 1 is 0.245 bits per heavy atom. The van der Waals surface area contributed by atoms with E-state index in [1.165, 1.54) is 0 Å². The van der Waals surface area contributed by atoms with Crippen LogP contribution in [0.2, 0.25) is 0 Å². The molecule has 0 N–H and O–H groups in total. The van der Waals surface area contributed by atoms with Crippen LogP contribution >= 0.6 is 0 Å². The largest absolute Gasteiger partial charge is 0.460 e. The summed E-state index contributed by atoms with van der Waals surface area (Å²) in [6, 6.07) is 0. The van der Waals surface area contributed by atoms with E-state index in [2.05, 4.69) is 0 Å². The number of hydrogen-bond donors (Lipinski definition) is 0. The molecule has 0 aliphatic heterocycles. The van der Waals surface area contributed by atoms with E-state index < -0.39 is 96.5 Å². The van der Waals surface area contributed by atoms with E-state index in [1.54, 1.807) is 6.92 Å². The van der Waals surface area contributed by atoms with Gasteiger partial charge in [-0.1, -0.05) is 45.4 Å². The summed E-state index contributed by atoms with van der Waals surface area (Å²) in [6.07, 6.45) is -11.4. The van der Waals surface area contributed by atoms with Crippen LogP contribution in [0.15, 0.2) is 0 Å². The minimum Gasteiger partial charge on any atom is -0.200 e. The third-order valence-electron chi connectivity index (χ3n) is 6.85. The summed E-state index contributed by atoms with van der Waals surface area (Å²) in [5.41, 5.74) is 0. The quantitative estimate of drug-likeness (QED) is 0.0902. The highest BCUT2D eigenvalue weighted by molar-refractivity contribution is 5.20. The predicted molar refractivity (Wildman–Crippen MR) is 108 cm³/mol. The lowest BCUT2D eigenvalue weighted by molar-refractivity contribution is -0.485. The lowest BCUT2D eigenvalue weighted by Crippen LogP contribution is -2.78. The summed E-state index contributed by atoms with van der Waals surface area (Å²) in [7, 11) is 0. The standard InChI is InChI=1S/C22H19F27/c1-2-3-4-5-6-7-8-9-10(23,24)11(25,26)12(27,28)13(29,30)14(31,32)15(33,34)16(35,36)17(37,38)18(39,40)19(41,42)20(43,44)21(45,46)22(47,48)49/h2-9H2,1H3. The van der Waals surface area contributed by atoms with Crippen molar-refractivity contribution in [2.24, 2.45) is 0 Å². The van der Waals surface area contributed by atoms with Gasteiger partial charge >= 0.3 is 77.2 Å². The molecule has 0 radical (unpaired) electrons. The normalized spacial score (nSPS) is 16.4. The predicted octanol–water partition coefficient (Wildman–Crippen LogP) is 12.3. The maximum atomic E-state index is 13.9. The molecule has 0 fully saturated rings. The van der Waals surface area contributed by atoms with Crippen LogP contribution in [0.5, 0.6) is 0 Å². The molecule has 0 aromatic carbocycles. The molecule has 0 heterocycles. The molecule has 0 unspecified atom stereocenters. The van der Waals surface area contributed by atoms with Crippen molar-refractivity contribution in [3.8, 4) is 0 Å². The van der Waals surface area contributed by atoms with Crippen molar-refractivity contribution in [1.29, 1.82) is 0 Å². The van der Waals surface area contributed by atoms with Crippen LogP contribution in [0.1, 0.15) is 58.3 Å². The second-order valence-electron chi connectivity index (χ2n) is 10.4. The third kappa shape index (κ3) is 6.65. The van der Waals surface area contributed by atoms with Gasteiger partial charge in [-0.05, 0) is 6.42 Å². The van der Waals surface area contributed by atoms with Crippen molar-refractivity contribution in [2.45, 2.75) is 136 Å². The number of rotatable bonds is 19. The van der Waals surface area contributed by atoms with Gasteiger partial charge in [-0.3, -0.25) is 0 Å². The highest BCUT2D eigenvalue weighted by Crippen LogP contribution is 2.68. The van der Waals surface area contributed by atoms with Crippen molar-refractivity contribution in [3.05, 3.63) is 0 Å². The molecule has 0 saturated heterocycles. The van der Waals surface area contributed by atoms with Gasteiger partial charge in [-0.25, -0.2) is 0 Å². The van der Waals surface area contributed by atoms with Crippen LogP contribution < -0.4 is 0 Å². The summed E-state index contributed by atoms with van der Waals surface area (Å²) in [5.74, 6) is -108. The SMILES string of the molecule is CCCCCCCCCC(F)(F)C(F)(F)C(F)(F)C(F)(F)C(F)(F)C(F)(F)C(F)(F)C(F)(F)C(F)(F)C(F)(F)C(F)(F)C(F)(F)C(F)(F)F. The minimum atomic E-state index is -9.74. The Labute approximate surface area is 255 Å². The number of hydrogen-bond acceptors (Lipinski definition) is 0. The van der Waals surface area contributed by atoms with Crippen LogP contribution in [0, 0.1) is 0 Å². The fourth-order valence-electron chi connectivity index (χ4n) is 3.64. The Morgan fingerprint density at radius 3 is 0.694 bits per heavy atom. The van der Waals surface area contributed by atoms with E-state index in [0.717, 1.165) is 0 Å². The van der Waals surface area contributed by atoms with Crippen molar-refractivity contribution in [1.82, 2.24) is 0 Å². The van der Waals surface area contributed by atoms with Crippen molar-refractivity contribution < 1.29 is 119 Å². The molecule has 0 aromatic heterocycles. The number of alkyl halides is 27. The zero-order valence-electron chi connectivity index (χ0n) is 23.4. The van der Waals surface area contributed by atoms with Gasteiger partial charge in [-0.2, -0.15) is 119 Å². The second-order valence-corrected chi connectivity index (χ2v) is 10.4. The topological polar surface area (TPSA) is 0 Å². The Morgan fingerprint density at radius 2 is 0.449 bits per heavy atom. The smallest absolute Gasteiger partial charge is 0.200 e. The van der Waals surface area contributed by atoms with Gasteiger partial charge in [0.05, 0.1) is 0 Å². The summed E-state index contributed by atoms with van der Waals surface area (Å²) < 4.78 is 364. The molecule has 0 nitrogen and oxygen atoms in total. The molecular weight excluding hydrogens is 777 g/mol. The molecule has 49 heavy (non-hydrogen) atoms. The Balaban J connectivity index is 6.99. The second kappa shape index (κ2) is 13.3. The zero-order valence-corrected chi connectivity index (χ0v) is 23.4. The summed E-state index contributed by atoms with van der Waals surface area (Å²) in [4.78, 5) is 0. The average Bonchev–Trinajstić information content (AvgIpc) is 2.90. The van der Waals surface area contributed by atoms with E-state index in [4.69, 9.17) is 0 Å². The molecule has 0 aromatic rings. The molecule has 0 aliphatic carbocycles. The van der Waals surface area contributed by atoms with Gasteiger partial charge in [0.2, 0.25) is 0 Å². The molecule has 0 rings (SSSR count). The highest BCUT2D eigenvalue weighted by atomic mass is 19.4. The Kier molecular flexibility index (Phi) is 12.8. The summed E-state index contributed by atoms with van der Waals surface area (Å²) >= 11 is 0. The summed E-state index contributed by atoms with van der Waals surface area (Å²) in [5, 5.41) is 0. The molecule has 0 bridgehead atoms. The van der Waals surface area contributed by atoms with E-state index >= 15 is 0 Å². The zero-order chi connectivity index (χ0) is 40.2. The first-order chi connectivity index (χ1) is 21.1. The molecule has 0 amide bonds. The number of unbranched alkanes of at least 4 members (excludes halogenated alkanes) is 6. The molecular formula is C22H19F27. The third-order valence-corrected chi connectivity index (χ3v) is 6.85. The van der Waals surface area contributed by atoms with Crippen LogP contribution in [-0.2, 0) is 0 Å². The first-order valence-electron chi connectivity index (χ1n) is 12.7. The van der Waals surface area contributed by atoms with Crippen molar-refractivity contribution in [2.75, 3.05) is 0 Å². The molecule has 27 heteroatoms. The maximum absolute atomic E-state index is 13.9. The Bertz CT molecular complexity index is 1100. The van der Waals surface area contributed by atoms with Crippen LogP contribution in [-0.4, -0.2) is 77.2 Å². The van der Waals surface area contributed by atoms with Gasteiger partial charge in [0.25, 0.3) is 0 Å². The van der Waals surface area contributed by atoms with Gasteiger partial charge in [0, 0.05) is 6.42 Å². The lowest BCUT2D eigenvalue weighted by Gasteiger charge is -2.46. The van der Waals surface area contributed by atoms with Crippen molar-refractivity contribution in [3.63, 3.8) is 0 Å². The van der Waals surface area contributed by atoms with E-state index in [9.17, 15) is 119 Å². The van der Waals surface area contributed by atoms with Gasteiger partial charge < -0.3 is 0 Å². The fourth-order valence-corrected chi connectivity index (χ4v) is 3.64. The average molecular weight is 796 g/mol. The number of halogens is 27. The summed E-state index contributed by atoms with van der Waals surface area (Å²) in [6.45, 7) is 1.67. The van der Waals surface area contributed by atoms with E-state index in [-0.39, 0.29) is 12.8 Å². The monoisotopic (exact) mass is 796 g/mol. The van der Waals surface area contributed by atoms with Crippen LogP contribution in [0.4, 0.5) is 119 Å². The molecule has 0 spiro atoms. The molecule has 0 saturated carbocycles. The maximum Gasteiger partial charge on any atom is 0.460 e. The lowest BCUT2D eigenvalue weighted by atomic mass is 9.83. The van der Waals surface area contributed by atoms with Crippen molar-refractivity contribution >= 4 is 0 Å². The minimum absolute atomic E-state index is 0.148. The molecule has 296 valence electrons. The first-order valence-corrected chi connectivity index (χ1v) is 12.7. The van der Waals surface area contributed by atoms with Gasteiger partial charge in [0.15, 0.2) is 0 Å². The van der Waals surface area contributed by atoms with E-state index in [1.807, 2.05) is 0 Å². The van der Waals surface area contributed by atoms with Crippen LogP contribution in [0.25, 0.3) is 0 Å². The van der Waals surface area contributed by atoms with Gasteiger partial charge in [0.1, 0.15) is 0 Å². The van der Waals surface area contributed by atoms with E-state index in [0.29, 0.717) is 19.3 Å². The Hall–Kier alpha value is -1.89. The molecule has 0 atom stereocenters. The fraction of sp³-hybridized carbons (Fsp3) is 1.00. The molecule has 0 aliphatic rings. The first kappa shape index (κ1) is 47.1. The van der Waals surface area contributed by atoms with Gasteiger partial charge in [-0.15, -0.1) is 0 Å². The highest BCUT2D eigenvalue weighted by Gasteiger charge is 3.00.